The molecule has 2 atom stereocenters. The Bertz CT molecular complexity index is 823. The maximum atomic E-state index is 13.0. The SMILES string of the molecule is CCC(C)NC(=O)C(C)N(Cc1cccc(C)c1)C(=O)COc1ccc(Cl)cc1. The number of nitrogens with one attached hydrogen (secondary N) is 1. The summed E-state index contributed by atoms with van der Waals surface area (Å²) in [4.78, 5) is 27.2. The fraction of sp³-hybridized carbons (Fsp3) is 0.391. The van der Waals surface area contributed by atoms with Crippen molar-refractivity contribution in [1.82, 2.24) is 10.2 Å². The maximum absolute atomic E-state index is 13.0. The molecule has 1 N–H and O–H groups in total. The normalized spacial score (nSPS) is 12.7. The zero-order valence-electron chi connectivity index (χ0n) is 17.4. The van der Waals surface area contributed by atoms with Crippen molar-refractivity contribution in [3.05, 3.63) is 64.7 Å². The minimum absolute atomic E-state index is 0.0474. The molecule has 6 heteroatoms. The molecule has 0 saturated heterocycles. The minimum Gasteiger partial charge on any atom is -0.484 e. The Balaban J connectivity index is 2.14. The molecule has 0 heterocycles. The van der Waals surface area contributed by atoms with Gasteiger partial charge < -0.3 is 15.0 Å². The number of aryl methyl sites for hydroxylation is 1. The highest BCUT2D eigenvalue weighted by Gasteiger charge is 2.27. The van der Waals surface area contributed by atoms with Crippen LogP contribution in [0.3, 0.4) is 0 Å². The van der Waals surface area contributed by atoms with Crippen molar-refractivity contribution in [2.75, 3.05) is 6.61 Å². The van der Waals surface area contributed by atoms with Gasteiger partial charge in [-0.1, -0.05) is 48.4 Å². The van der Waals surface area contributed by atoms with Crippen molar-refractivity contribution in [1.29, 1.82) is 0 Å². The Morgan fingerprint density at radius 2 is 1.83 bits per heavy atom. The molecule has 0 bridgehead atoms. The molecule has 0 spiro atoms. The second kappa shape index (κ2) is 10.9. The number of carbonyl (C=O) groups is 2. The van der Waals surface area contributed by atoms with Crippen molar-refractivity contribution < 1.29 is 14.3 Å². The van der Waals surface area contributed by atoms with Gasteiger partial charge in [0.1, 0.15) is 11.8 Å². The van der Waals surface area contributed by atoms with Gasteiger partial charge in [0, 0.05) is 17.6 Å². The van der Waals surface area contributed by atoms with Gasteiger partial charge in [-0.2, -0.15) is 0 Å². The van der Waals surface area contributed by atoms with Gasteiger partial charge in [0.25, 0.3) is 5.91 Å². The van der Waals surface area contributed by atoms with Crippen LogP contribution in [-0.2, 0) is 16.1 Å². The van der Waals surface area contributed by atoms with Crippen LogP contribution in [0.1, 0.15) is 38.3 Å². The summed E-state index contributed by atoms with van der Waals surface area (Å²) in [6.45, 7) is 7.87. The molecule has 0 aliphatic heterocycles. The summed E-state index contributed by atoms with van der Waals surface area (Å²) < 4.78 is 5.62. The van der Waals surface area contributed by atoms with Crippen LogP contribution in [0.15, 0.2) is 48.5 Å². The zero-order valence-corrected chi connectivity index (χ0v) is 18.2. The highest BCUT2D eigenvalue weighted by Crippen LogP contribution is 2.17. The predicted octanol–water partition coefficient (Wildman–Crippen LogP) is 4.36. The van der Waals surface area contributed by atoms with E-state index in [2.05, 4.69) is 5.32 Å². The monoisotopic (exact) mass is 416 g/mol. The van der Waals surface area contributed by atoms with Gasteiger partial charge in [0.05, 0.1) is 0 Å². The molecule has 2 rings (SSSR count). The van der Waals surface area contributed by atoms with E-state index < -0.39 is 6.04 Å². The fourth-order valence-corrected chi connectivity index (χ4v) is 2.94. The molecular weight excluding hydrogens is 388 g/mol. The number of halogens is 1. The van der Waals surface area contributed by atoms with Crippen molar-refractivity contribution in [3.63, 3.8) is 0 Å². The third kappa shape index (κ3) is 7.09. The van der Waals surface area contributed by atoms with Crippen LogP contribution >= 0.6 is 11.6 Å². The largest absolute Gasteiger partial charge is 0.484 e. The Labute approximate surface area is 178 Å². The summed E-state index contributed by atoms with van der Waals surface area (Å²) in [6.07, 6.45) is 0.823. The first kappa shape index (κ1) is 22.8. The number of benzene rings is 2. The van der Waals surface area contributed by atoms with Gasteiger partial charge in [-0.15, -0.1) is 0 Å². The number of nitrogens with zero attached hydrogens (tertiary/aromatic N) is 1. The highest BCUT2D eigenvalue weighted by molar-refractivity contribution is 6.30. The average molecular weight is 417 g/mol. The molecule has 0 radical (unpaired) electrons. The molecule has 2 unspecified atom stereocenters. The van der Waals surface area contributed by atoms with Gasteiger partial charge in [-0.25, -0.2) is 0 Å². The van der Waals surface area contributed by atoms with E-state index in [9.17, 15) is 9.59 Å². The Morgan fingerprint density at radius 1 is 1.14 bits per heavy atom. The first-order valence-corrected chi connectivity index (χ1v) is 10.2. The number of ether oxygens (including phenoxy) is 1. The van der Waals surface area contributed by atoms with Crippen LogP contribution in [0.25, 0.3) is 0 Å². The average Bonchev–Trinajstić information content (AvgIpc) is 2.70. The Kier molecular flexibility index (Phi) is 8.52. The van der Waals surface area contributed by atoms with E-state index >= 15 is 0 Å². The molecule has 2 aromatic rings. The third-order valence-electron chi connectivity index (χ3n) is 4.78. The summed E-state index contributed by atoms with van der Waals surface area (Å²) in [5, 5.41) is 3.55. The van der Waals surface area contributed by atoms with E-state index in [1.54, 1.807) is 36.1 Å². The van der Waals surface area contributed by atoms with E-state index in [-0.39, 0.29) is 24.5 Å². The molecule has 0 aliphatic rings. The van der Waals surface area contributed by atoms with E-state index in [1.807, 2.05) is 45.0 Å². The maximum Gasteiger partial charge on any atom is 0.261 e. The van der Waals surface area contributed by atoms with Crippen LogP contribution in [-0.4, -0.2) is 35.4 Å². The van der Waals surface area contributed by atoms with Crippen molar-refractivity contribution in [2.45, 2.75) is 52.7 Å². The smallest absolute Gasteiger partial charge is 0.261 e. The van der Waals surface area contributed by atoms with E-state index in [0.29, 0.717) is 17.3 Å². The molecule has 5 nitrogen and oxygen atoms in total. The Hall–Kier alpha value is -2.53. The zero-order chi connectivity index (χ0) is 21.4. The van der Waals surface area contributed by atoms with Crippen molar-refractivity contribution in [3.8, 4) is 5.75 Å². The molecule has 0 aliphatic carbocycles. The minimum atomic E-state index is -0.620. The third-order valence-corrected chi connectivity index (χ3v) is 5.03. The second-order valence-corrected chi connectivity index (χ2v) is 7.68. The van der Waals surface area contributed by atoms with E-state index in [4.69, 9.17) is 16.3 Å². The molecule has 0 saturated carbocycles. The molecule has 156 valence electrons. The van der Waals surface area contributed by atoms with Gasteiger partial charge in [-0.3, -0.25) is 9.59 Å². The number of amides is 2. The van der Waals surface area contributed by atoms with Gasteiger partial charge in [-0.05, 0) is 57.0 Å². The van der Waals surface area contributed by atoms with Gasteiger partial charge in [0.2, 0.25) is 5.91 Å². The lowest BCUT2D eigenvalue weighted by Crippen LogP contribution is -2.50. The van der Waals surface area contributed by atoms with Gasteiger partial charge in [0.15, 0.2) is 6.61 Å². The van der Waals surface area contributed by atoms with Crippen LogP contribution in [0, 0.1) is 6.92 Å². The lowest BCUT2D eigenvalue weighted by atomic mass is 10.1. The Morgan fingerprint density at radius 3 is 2.45 bits per heavy atom. The number of carbonyl (C=O) groups excluding carboxylic acids is 2. The highest BCUT2D eigenvalue weighted by atomic mass is 35.5. The molecule has 0 fully saturated rings. The fourth-order valence-electron chi connectivity index (χ4n) is 2.81. The molecule has 2 amide bonds. The number of rotatable bonds is 9. The van der Waals surface area contributed by atoms with Gasteiger partial charge >= 0.3 is 0 Å². The first-order valence-electron chi connectivity index (χ1n) is 9.84. The van der Waals surface area contributed by atoms with Crippen molar-refractivity contribution >= 4 is 23.4 Å². The predicted molar refractivity (Wildman–Crippen MR) is 116 cm³/mol. The van der Waals surface area contributed by atoms with E-state index in [1.165, 1.54) is 0 Å². The van der Waals surface area contributed by atoms with E-state index in [0.717, 1.165) is 17.5 Å². The van der Waals surface area contributed by atoms with Crippen LogP contribution in [0.2, 0.25) is 5.02 Å². The summed E-state index contributed by atoms with van der Waals surface area (Å²) in [5.41, 5.74) is 2.07. The first-order chi connectivity index (χ1) is 13.8. The van der Waals surface area contributed by atoms with Crippen LogP contribution in [0.4, 0.5) is 0 Å². The lowest BCUT2D eigenvalue weighted by molar-refractivity contribution is -0.142. The molecule has 2 aromatic carbocycles. The molecule has 0 aromatic heterocycles. The quantitative estimate of drug-likeness (QED) is 0.660. The number of hydrogen-bond acceptors (Lipinski definition) is 3. The number of hydrogen-bond donors (Lipinski definition) is 1. The summed E-state index contributed by atoms with van der Waals surface area (Å²) in [5.74, 6) is 0.120. The van der Waals surface area contributed by atoms with Crippen molar-refractivity contribution in [2.24, 2.45) is 0 Å². The standard InChI is InChI=1S/C23H29ClN2O3/c1-5-17(3)25-23(28)18(4)26(14-19-8-6-7-16(2)13-19)22(27)15-29-21-11-9-20(24)10-12-21/h6-13,17-18H,5,14-15H2,1-4H3,(H,25,28). The van der Waals surface area contributed by atoms with Crippen LogP contribution < -0.4 is 10.1 Å². The lowest BCUT2D eigenvalue weighted by Gasteiger charge is -2.29. The summed E-state index contributed by atoms with van der Waals surface area (Å²) >= 11 is 5.88. The second-order valence-electron chi connectivity index (χ2n) is 7.25. The molecular formula is C23H29ClN2O3. The van der Waals surface area contributed by atoms with Crippen LogP contribution in [0.5, 0.6) is 5.75 Å². The topological polar surface area (TPSA) is 58.6 Å². The summed E-state index contributed by atoms with van der Waals surface area (Å²) in [6, 6.07) is 14.2. The summed E-state index contributed by atoms with van der Waals surface area (Å²) in [7, 11) is 0. The molecule has 29 heavy (non-hydrogen) atoms.